The Morgan fingerprint density at radius 1 is 1.32 bits per heavy atom. The fourth-order valence-corrected chi connectivity index (χ4v) is 1.70. The summed E-state index contributed by atoms with van der Waals surface area (Å²) in [4.78, 5) is 23.2. The average Bonchev–Trinajstić information content (AvgIpc) is 2.45. The Morgan fingerprint density at radius 2 is 1.91 bits per heavy atom. The van der Waals surface area contributed by atoms with Gasteiger partial charge in [0, 0.05) is 6.42 Å². The number of nitrogens with one attached hydrogen (secondary N) is 1. The number of terminal acetylenes is 1. The topological polar surface area (TPSA) is 55.4 Å². The maximum Gasteiger partial charge on any atom is 0.416 e. The van der Waals surface area contributed by atoms with Crippen LogP contribution in [0.15, 0.2) is 24.3 Å². The molecule has 1 N–H and O–H groups in total. The van der Waals surface area contributed by atoms with Gasteiger partial charge < -0.3 is 10.1 Å². The molecular weight excluding hydrogens is 299 g/mol. The van der Waals surface area contributed by atoms with Gasteiger partial charge in [0.2, 0.25) is 5.91 Å². The number of halogens is 3. The van der Waals surface area contributed by atoms with Gasteiger partial charge in [0.15, 0.2) is 0 Å². The van der Waals surface area contributed by atoms with E-state index in [4.69, 9.17) is 6.42 Å². The van der Waals surface area contributed by atoms with Crippen molar-refractivity contribution in [3.63, 3.8) is 0 Å². The number of ether oxygens (including phenoxy) is 1. The van der Waals surface area contributed by atoms with Gasteiger partial charge in [-0.05, 0) is 17.7 Å². The standard InChI is InChI=1S/C15H14F3NO3/c1-3-4-12(14(21)22-2)19-13(20)9-10-5-7-11(8-6-10)15(16,17)18/h1,5-8,12H,4,9H2,2H3,(H,19,20)/t12-/m1/s1. The Labute approximate surface area is 125 Å². The van der Waals surface area contributed by atoms with Gasteiger partial charge in [-0.2, -0.15) is 13.2 Å². The summed E-state index contributed by atoms with van der Waals surface area (Å²) in [5.41, 5.74) is -0.411. The zero-order chi connectivity index (χ0) is 16.8. The maximum absolute atomic E-state index is 12.4. The van der Waals surface area contributed by atoms with Gasteiger partial charge in [-0.1, -0.05) is 12.1 Å². The molecule has 0 aromatic heterocycles. The number of carbonyl (C=O) groups is 2. The second-order valence-electron chi connectivity index (χ2n) is 4.42. The third-order valence-electron chi connectivity index (χ3n) is 2.79. The fourth-order valence-electron chi connectivity index (χ4n) is 1.70. The molecule has 0 unspecified atom stereocenters. The molecule has 0 spiro atoms. The second kappa shape index (κ2) is 7.50. The van der Waals surface area contributed by atoms with Crippen LogP contribution in [0.3, 0.4) is 0 Å². The second-order valence-corrected chi connectivity index (χ2v) is 4.42. The van der Waals surface area contributed by atoms with Crippen molar-refractivity contribution in [3.8, 4) is 12.3 Å². The first-order valence-electron chi connectivity index (χ1n) is 6.24. The van der Waals surface area contributed by atoms with E-state index in [9.17, 15) is 22.8 Å². The molecule has 0 heterocycles. The monoisotopic (exact) mass is 313 g/mol. The molecule has 1 rings (SSSR count). The van der Waals surface area contributed by atoms with Crippen molar-refractivity contribution in [2.45, 2.75) is 25.1 Å². The van der Waals surface area contributed by atoms with Crippen LogP contribution in [0.5, 0.6) is 0 Å². The lowest BCUT2D eigenvalue weighted by atomic mass is 10.1. The molecule has 1 aromatic rings. The lowest BCUT2D eigenvalue weighted by molar-refractivity contribution is -0.144. The van der Waals surface area contributed by atoms with E-state index in [-0.39, 0.29) is 12.8 Å². The van der Waals surface area contributed by atoms with Crippen LogP contribution in [0.4, 0.5) is 13.2 Å². The van der Waals surface area contributed by atoms with Crippen LogP contribution in [0.1, 0.15) is 17.5 Å². The zero-order valence-electron chi connectivity index (χ0n) is 11.7. The zero-order valence-corrected chi connectivity index (χ0v) is 11.7. The maximum atomic E-state index is 12.4. The SMILES string of the molecule is C#CC[C@@H](NC(=O)Cc1ccc(C(F)(F)F)cc1)C(=O)OC. The van der Waals surface area contributed by atoms with Gasteiger partial charge in [-0.3, -0.25) is 4.79 Å². The summed E-state index contributed by atoms with van der Waals surface area (Å²) in [6.45, 7) is 0. The lowest BCUT2D eigenvalue weighted by Gasteiger charge is -2.14. The number of carbonyl (C=O) groups excluding carboxylic acids is 2. The summed E-state index contributed by atoms with van der Waals surface area (Å²) in [5, 5.41) is 2.38. The predicted octanol–water partition coefficient (Wildman–Crippen LogP) is 1.93. The number of amides is 1. The number of benzene rings is 1. The summed E-state index contributed by atoms with van der Waals surface area (Å²) < 4.78 is 41.7. The van der Waals surface area contributed by atoms with Gasteiger partial charge >= 0.3 is 12.1 Å². The van der Waals surface area contributed by atoms with Crippen molar-refractivity contribution < 1.29 is 27.5 Å². The molecule has 0 saturated carbocycles. The number of hydrogen-bond donors (Lipinski definition) is 1. The Morgan fingerprint density at radius 3 is 2.36 bits per heavy atom. The van der Waals surface area contributed by atoms with Crippen molar-refractivity contribution in [3.05, 3.63) is 35.4 Å². The van der Waals surface area contributed by atoms with E-state index in [1.54, 1.807) is 0 Å². The molecular formula is C15H14F3NO3. The van der Waals surface area contributed by atoms with E-state index in [2.05, 4.69) is 16.0 Å². The summed E-state index contributed by atoms with van der Waals surface area (Å²) in [6.07, 6.45) is 0.458. The summed E-state index contributed by atoms with van der Waals surface area (Å²) >= 11 is 0. The smallest absolute Gasteiger partial charge is 0.416 e. The summed E-state index contributed by atoms with van der Waals surface area (Å²) in [5.74, 6) is 1.02. The number of esters is 1. The van der Waals surface area contributed by atoms with Gasteiger partial charge in [-0.25, -0.2) is 4.79 Å². The van der Waals surface area contributed by atoms with Crippen LogP contribution in [0.2, 0.25) is 0 Å². The van der Waals surface area contributed by atoms with Crippen LogP contribution >= 0.6 is 0 Å². The van der Waals surface area contributed by atoms with Crippen LogP contribution in [0, 0.1) is 12.3 Å². The van der Waals surface area contributed by atoms with Crippen molar-refractivity contribution in [2.24, 2.45) is 0 Å². The third kappa shape index (κ3) is 5.13. The van der Waals surface area contributed by atoms with Crippen LogP contribution in [0.25, 0.3) is 0 Å². The Balaban J connectivity index is 2.68. The molecule has 1 aromatic carbocycles. The van der Waals surface area contributed by atoms with Crippen LogP contribution in [-0.2, 0) is 26.9 Å². The number of methoxy groups -OCH3 is 1. The van der Waals surface area contributed by atoms with Crippen LogP contribution < -0.4 is 5.32 Å². The van der Waals surface area contributed by atoms with Crippen molar-refractivity contribution >= 4 is 11.9 Å². The molecule has 118 valence electrons. The highest BCUT2D eigenvalue weighted by Gasteiger charge is 2.30. The molecule has 22 heavy (non-hydrogen) atoms. The van der Waals surface area contributed by atoms with Crippen molar-refractivity contribution in [1.29, 1.82) is 0 Å². The largest absolute Gasteiger partial charge is 0.467 e. The lowest BCUT2D eigenvalue weighted by Crippen LogP contribution is -2.41. The van der Waals surface area contributed by atoms with Gasteiger partial charge in [0.25, 0.3) is 0 Å². The highest BCUT2D eigenvalue weighted by atomic mass is 19.4. The molecule has 0 aliphatic heterocycles. The van der Waals surface area contributed by atoms with E-state index in [0.29, 0.717) is 5.56 Å². The minimum atomic E-state index is -4.43. The highest BCUT2D eigenvalue weighted by molar-refractivity contribution is 5.85. The number of alkyl halides is 3. The molecule has 1 atom stereocenters. The van der Waals surface area contributed by atoms with E-state index in [1.807, 2.05) is 0 Å². The average molecular weight is 313 g/mol. The number of rotatable bonds is 5. The molecule has 1 amide bonds. The normalized spacial score (nSPS) is 12.1. The fraction of sp³-hybridized carbons (Fsp3) is 0.333. The minimum Gasteiger partial charge on any atom is -0.467 e. The van der Waals surface area contributed by atoms with Crippen LogP contribution in [-0.4, -0.2) is 25.0 Å². The van der Waals surface area contributed by atoms with E-state index < -0.39 is 29.7 Å². The molecule has 0 bridgehead atoms. The van der Waals surface area contributed by atoms with E-state index in [1.165, 1.54) is 12.1 Å². The first kappa shape index (κ1) is 17.6. The summed E-state index contributed by atoms with van der Waals surface area (Å²) in [7, 11) is 1.16. The Kier molecular flexibility index (Phi) is 5.99. The molecule has 4 nitrogen and oxygen atoms in total. The third-order valence-corrected chi connectivity index (χ3v) is 2.79. The van der Waals surface area contributed by atoms with Gasteiger partial charge in [-0.15, -0.1) is 12.3 Å². The molecule has 0 aliphatic rings. The van der Waals surface area contributed by atoms with Gasteiger partial charge in [0.1, 0.15) is 6.04 Å². The highest BCUT2D eigenvalue weighted by Crippen LogP contribution is 2.29. The van der Waals surface area contributed by atoms with E-state index >= 15 is 0 Å². The van der Waals surface area contributed by atoms with Crippen molar-refractivity contribution in [1.82, 2.24) is 5.32 Å². The molecule has 0 aliphatic carbocycles. The predicted molar refractivity (Wildman–Crippen MR) is 72.5 cm³/mol. The minimum absolute atomic E-state index is 0.0363. The Hall–Kier alpha value is -2.49. The molecule has 7 heteroatoms. The molecule has 0 fully saturated rings. The quantitative estimate of drug-likeness (QED) is 0.667. The summed E-state index contributed by atoms with van der Waals surface area (Å²) in [6, 6.07) is 3.22. The van der Waals surface area contributed by atoms with Gasteiger partial charge in [0.05, 0.1) is 19.1 Å². The molecule has 0 saturated heterocycles. The first-order valence-corrected chi connectivity index (χ1v) is 6.24. The number of hydrogen-bond acceptors (Lipinski definition) is 3. The van der Waals surface area contributed by atoms with E-state index in [0.717, 1.165) is 19.2 Å². The Bertz CT molecular complexity index is 573. The first-order chi connectivity index (χ1) is 10.3. The molecule has 0 radical (unpaired) electrons. The van der Waals surface area contributed by atoms with Crippen molar-refractivity contribution in [2.75, 3.05) is 7.11 Å².